The molecule has 0 radical (unpaired) electrons. The Balaban J connectivity index is 1.37. The van der Waals surface area contributed by atoms with E-state index in [4.69, 9.17) is 16.3 Å². The minimum Gasteiger partial charge on any atom is -0.503 e. The molecule has 46 heavy (non-hydrogen) atoms. The van der Waals surface area contributed by atoms with E-state index in [9.17, 15) is 29.1 Å². The Labute approximate surface area is 270 Å². The molecular formula is C36H31ClN2O7. The second-order valence-corrected chi connectivity index (χ2v) is 13.1. The van der Waals surface area contributed by atoms with Crippen molar-refractivity contribution in [1.82, 2.24) is 0 Å². The molecule has 4 aliphatic rings. The van der Waals surface area contributed by atoms with E-state index in [1.807, 2.05) is 6.08 Å². The average molecular weight is 639 g/mol. The van der Waals surface area contributed by atoms with Crippen LogP contribution in [0.2, 0.25) is 5.02 Å². The molecule has 0 aromatic heterocycles. The maximum atomic E-state index is 14.5. The highest BCUT2D eigenvalue weighted by Crippen LogP contribution is 2.64. The molecular weight excluding hydrogens is 608 g/mol. The molecule has 0 spiro atoms. The third-order valence-electron chi connectivity index (χ3n) is 10.4. The van der Waals surface area contributed by atoms with E-state index >= 15 is 0 Å². The number of benzene rings is 3. The van der Waals surface area contributed by atoms with Gasteiger partial charge in [-0.2, -0.15) is 0 Å². The topological polar surface area (TPSA) is 121 Å². The molecule has 6 atom stereocenters. The molecule has 9 nitrogen and oxygen atoms in total. The Bertz CT molecular complexity index is 1870. The summed E-state index contributed by atoms with van der Waals surface area (Å²) < 4.78 is 5.42. The SMILES string of the molecule is COc1cc([C@H]2C3=CC[C@@H]4C(=O)N(c5ccc(C(C)=O)cc5)C(=O)[C@@H]4[C@@H]3C[C@H]3C(=O)N(c4ccccc4)C(=O)[C@@]23C)cc(Cl)c1O. The Morgan fingerprint density at radius 2 is 1.59 bits per heavy atom. The van der Waals surface area contributed by atoms with Gasteiger partial charge in [-0.3, -0.25) is 28.9 Å². The summed E-state index contributed by atoms with van der Waals surface area (Å²) in [4.78, 5) is 71.1. The van der Waals surface area contributed by atoms with Gasteiger partial charge in [0.2, 0.25) is 23.6 Å². The Kier molecular flexibility index (Phi) is 6.93. The third-order valence-corrected chi connectivity index (χ3v) is 10.7. The highest BCUT2D eigenvalue weighted by atomic mass is 35.5. The van der Waals surface area contributed by atoms with Crippen LogP contribution < -0.4 is 14.5 Å². The van der Waals surface area contributed by atoms with Gasteiger partial charge in [0.1, 0.15) is 0 Å². The number of carbonyl (C=O) groups is 5. The molecule has 4 amide bonds. The van der Waals surface area contributed by atoms with Crippen molar-refractivity contribution in [3.8, 4) is 11.5 Å². The molecule has 0 bridgehead atoms. The van der Waals surface area contributed by atoms with E-state index < -0.39 is 35.0 Å². The fourth-order valence-corrected chi connectivity index (χ4v) is 8.45. The minimum atomic E-state index is -1.26. The summed E-state index contributed by atoms with van der Waals surface area (Å²) in [5.41, 5.74) is 1.39. The van der Waals surface area contributed by atoms with Gasteiger partial charge in [-0.15, -0.1) is 0 Å². The number of allylic oxidation sites excluding steroid dienone is 2. The molecule has 3 aromatic rings. The van der Waals surface area contributed by atoms with Crippen LogP contribution in [0.25, 0.3) is 0 Å². The number of aromatic hydroxyl groups is 1. The zero-order valence-electron chi connectivity index (χ0n) is 25.4. The first-order chi connectivity index (χ1) is 22.0. The van der Waals surface area contributed by atoms with Crippen molar-refractivity contribution in [2.45, 2.75) is 32.6 Å². The maximum Gasteiger partial charge on any atom is 0.241 e. The molecule has 234 valence electrons. The number of methoxy groups -OCH3 is 1. The Morgan fingerprint density at radius 3 is 2.24 bits per heavy atom. The minimum absolute atomic E-state index is 0.0231. The van der Waals surface area contributed by atoms with Gasteiger partial charge in [-0.05, 0) is 86.7 Å². The molecule has 3 aromatic carbocycles. The van der Waals surface area contributed by atoms with E-state index in [1.54, 1.807) is 73.7 Å². The van der Waals surface area contributed by atoms with Gasteiger partial charge in [0.05, 0.1) is 46.7 Å². The number of nitrogens with zero attached hydrogens (tertiary/aromatic N) is 2. The number of phenolic OH excluding ortho intramolecular Hbond substituents is 1. The number of para-hydroxylation sites is 1. The Morgan fingerprint density at radius 1 is 0.913 bits per heavy atom. The van der Waals surface area contributed by atoms with Crippen LogP contribution in [0.1, 0.15) is 48.5 Å². The first kappa shape index (κ1) is 29.9. The number of carbonyl (C=O) groups excluding carboxylic acids is 5. The quantitative estimate of drug-likeness (QED) is 0.216. The summed E-state index contributed by atoms with van der Waals surface area (Å²) in [5, 5.41) is 10.6. The number of ketones is 1. The smallest absolute Gasteiger partial charge is 0.241 e. The van der Waals surface area contributed by atoms with Gasteiger partial charge in [0.15, 0.2) is 17.3 Å². The van der Waals surface area contributed by atoms with Crippen LogP contribution in [0.3, 0.4) is 0 Å². The summed E-state index contributed by atoms with van der Waals surface area (Å²) in [6, 6.07) is 18.3. The molecule has 10 heteroatoms. The second-order valence-electron chi connectivity index (χ2n) is 12.7. The summed E-state index contributed by atoms with van der Waals surface area (Å²) in [6.45, 7) is 3.23. The lowest BCUT2D eigenvalue weighted by Gasteiger charge is -2.49. The number of hydrogen-bond acceptors (Lipinski definition) is 7. The average Bonchev–Trinajstić information content (AvgIpc) is 3.42. The summed E-state index contributed by atoms with van der Waals surface area (Å²) in [6.07, 6.45) is 2.42. The summed E-state index contributed by atoms with van der Waals surface area (Å²) in [5.74, 6) is -5.14. The van der Waals surface area contributed by atoms with Gasteiger partial charge in [0, 0.05) is 11.5 Å². The monoisotopic (exact) mass is 638 g/mol. The van der Waals surface area contributed by atoms with Gasteiger partial charge in [-0.1, -0.05) is 41.4 Å². The van der Waals surface area contributed by atoms with Crippen LogP contribution in [0.15, 0.2) is 78.4 Å². The van der Waals surface area contributed by atoms with E-state index in [2.05, 4.69) is 0 Å². The zero-order chi connectivity index (χ0) is 32.7. The molecule has 7 rings (SSSR count). The lowest BCUT2D eigenvalue weighted by Crippen LogP contribution is -2.48. The van der Waals surface area contributed by atoms with Crippen molar-refractivity contribution in [3.05, 3.63) is 94.5 Å². The van der Waals surface area contributed by atoms with Gasteiger partial charge in [0.25, 0.3) is 0 Å². The third kappa shape index (κ3) is 4.10. The van der Waals surface area contributed by atoms with Crippen molar-refractivity contribution >= 4 is 52.4 Å². The van der Waals surface area contributed by atoms with E-state index in [-0.39, 0.29) is 58.8 Å². The highest BCUT2D eigenvalue weighted by Gasteiger charge is 2.67. The molecule has 1 N–H and O–H groups in total. The number of phenols is 1. The standard InChI is InChI=1S/C36H31ClN2O7/c1-18(40)19-9-11-22(12-10-19)38-32(42)24-14-13-23-25(29(24)34(38)44)17-26-33(43)39(21-7-5-4-6-8-21)35(45)36(26,2)30(23)20-15-27(37)31(41)28(16-20)46-3/h4-13,15-16,24-26,29-30,41H,14,17H2,1-3H3/t24-,25+,26-,29-,30-,36+/m0/s1. The van der Waals surface area contributed by atoms with Gasteiger partial charge < -0.3 is 9.84 Å². The largest absolute Gasteiger partial charge is 0.503 e. The first-order valence-corrected chi connectivity index (χ1v) is 15.5. The summed E-state index contributed by atoms with van der Waals surface area (Å²) >= 11 is 6.48. The van der Waals surface area contributed by atoms with E-state index in [0.717, 1.165) is 5.57 Å². The van der Waals surface area contributed by atoms with Crippen molar-refractivity contribution in [2.24, 2.45) is 29.1 Å². The van der Waals surface area contributed by atoms with E-state index in [0.29, 0.717) is 22.5 Å². The lowest BCUT2D eigenvalue weighted by molar-refractivity contribution is -0.131. The van der Waals surface area contributed by atoms with Crippen LogP contribution in [-0.4, -0.2) is 41.6 Å². The number of halogens is 1. The van der Waals surface area contributed by atoms with Crippen LogP contribution in [-0.2, 0) is 19.2 Å². The fraction of sp³-hybridized carbons (Fsp3) is 0.306. The Hall–Kier alpha value is -4.76. The number of fused-ring (bicyclic) bond motifs is 4. The second kappa shape index (κ2) is 10.7. The number of ether oxygens (including phenoxy) is 1. The molecule has 2 aliphatic heterocycles. The number of hydrogen-bond donors (Lipinski definition) is 1. The van der Waals surface area contributed by atoms with Crippen LogP contribution in [0.4, 0.5) is 11.4 Å². The van der Waals surface area contributed by atoms with Crippen LogP contribution >= 0.6 is 11.6 Å². The van der Waals surface area contributed by atoms with Gasteiger partial charge in [-0.25, -0.2) is 4.90 Å². The highest BCUT2D eigenvalue weighted by molar-refractivity contribution is 6.32. The number of amides is 4. The van der Waals surface area contributed by atoms with Crippen LogP contribution in [0.5, 0.6) is 11.5 Å². The van der Waals surface area contributed by atoms with Crippen molar-refractivity contribution in [2.75, 3.05) is 16.9 Å². The summed E-state index contributed by atoms with van der Waals surface area (Å²) in [7, 11) is 1.40. The number of Topliss-reactive ketones (excluding diaryl/α,β-unsaturated/α-hetero) is 1. The van der Waals surface area contributed by atoms with Crippen molar-refractivity contribution < 1.29 is 33.8 Å². The molecule has 1 saturated carbocycles. The number of anilines is 2. The van der Waals surface area contributed by atoms with Crippen molar-refractivity contribution in [3.63, 3.8) is 0 Å². The van der Waals surface area contributed by atoms with Gasteiger partial charge >= 0.3 is 0 Å². The molecule has 2 saturated heterocycles. The predicted molar refractivity (Wildman–Crippen MR) is 170 cm³/mol. The number of imide groups is 2. The van der Waals surface area contributed by atoms with Crippen LogP contribution in [0, 0.1) is 29.1 Å². The van der Waals surface area contributed by atoms with E-state index in [1.165, 1.54) is 23.8 Å². The predicted octanol–water partition coefficient (Wildman–Crippen LogP) is 5.69. The zero-order valence-corrected chi connectivity index (χ0v) is 26.2. The van der Waals surface area contributed by atoms with Crippen molar-refractivity contribution in [1.29, 1.82) is 0 Å². The maximum absolute atomic E-state index is 14.5. The lowest BCUT2D eigenvalue weighted by atomic mass is 9.51. The first-order valence-electron chi connectivity index (χ1n) is 15.2. The fourth-order valence-electron chi connectivity index (χ4n) is 8.23. The molecule has 2 aliphatic carbocycles. The normalized spacial score (nSPS) is 28.5. The molecule has 2 heterocycles. The number of rotatable bonds is 5. The molecule has 0 unspecified atom stereocenters. The molecule has 3 fully saturated rings.